The Bertz CT molecular complexity index is 6100. The Morgan fingerprint density at radius 2 is 0.888 bits per heavy atom. The first-order valence-corrected chi connectivity index (χ1v) is 50.6. The minimum absolute atomic E-state index is 0.208. The number of carbonyl (C=O) groups is 4. The lowest BCUT2D eigenvalue weighted by Gasteiger charge is -2.36. The fraction of sp³-hybridized carbons (Fsp3) is 0.491. The molecule has 0 spiro atoms. The zero-order chi connectivity index (χ0) is 91.7. The average Bonchev–Trinajstić information content (AvgIpc) is 1.64. The van der Waals surface area contributed by atoms with E-state index in [1.807, 2.05) is 19.6 Å². The second-order valence-electron chi connectivity index (χ2n) is 39.4. The van der Waals surface area contributed by atoms with E-state index in [4.69, 9.17) is 13.4 Å². The fourth-order valence-electron chi connectivity index (χ4n) is 23.5. The maximum Gasteiger partial charge on any atom is 0.416 e. The van der Waals surface area contributed by atoms with Crippen molar-refractivity contribution < 1.29 is 55.3 Å². The SMILES string of the molecule is CC1CC(=O)N2CCc3cc(C(O)CCCN4CCC(c5noc6cc(F)ccc56)CC4)cc1c32.O=C1CCc2cc(CCCCCN3CCC(c4noc5cc(F)ccc45)CC3)cc3c2N1CCC3.O=C1CCc2cc(CCCCN3CCN(c4cccc(C(F)(F)F)c4)CC3)cc3c2N1CC3.O=C1CCc2cc(CCCN3CCN(c4nsc5ccccc45)CC3)cc3c2N1CC3. The summed E-state index contributed by atoms with van der Waals surface area (Å²) >= 11 is 1.61. The van der Waals surface area contributed by atoms with E-state index in [0.717, 1.165) is 292 Å². The molecule has 26 heteroatoms. The highest BCUT2D eigenvalue weighted by molar-refractivity contribution is 7.13. The number of carbonyl (C=O) groups excluding carboxylic acids is 4. The summed E-state index contributed by atoms with van der Waals surface area (Å²) in [5.74, 6) is 2.63. The van der Waals surface area contributed by atoms with Crippen LogP contribution in [0.25, 0.3) is 32.0 Å². The molecule has 134 heavy (non-hydrogen) atoms. The van der Waals surface area contributed by atoms with Crippen LogP contribution in [0.1, 0.15) is 224 Å². The van der Waals surface area contributed by atoms with Crippen molar-refractivity contribution in [3.63, 3.8) is 0 Å². The number of hydrogen-bond acceptors (Lipinski definition) is 17. The van der Waals surface area contributed by atoms with E-state index >= 15 is 0 Å². The number of likely N-dealkylation sites (tertiary alicyclic amines) is 2. The van der Waals surface area contributed by atoms with Crippen molar-refractivity contribution in [2.24, 2.45) is 0 Å². The lowest BCUT2D eigenvalue weighted by Crippen LogP contribution is -2.46. The van der Waals surface area contributed by atoms with Crippen molar-refractivity contribution in [3.05, 3.63) is 229 Å². The Morgan fingerprint density at radius 3 is 1.44 bits per heavy atom. The quantitative estimate of drug-likeness (QED) is 0.0444. The van der Waals surface area contributed by atoms with Gasteiger partial charge in [0.25, 0.3) is 0 Å². The van der Waals surface area contributed by atoms with E-state index < -0.39 is 17.8 Å². The summed E-state index contributed by atoms with van der Waals surface area (Å²) in [4.78, 5) is 71.4. The normalized spacial score (nSPS) is 19.5. The molecule has 3 aromatic heterocycles. The highest BCUT2D eigenvalue weighted by atomic mass is 32.1. The van der Waals surface area contributed by atoms with E-state index in [-0.39, 0.29) is 29.4 Å². The highest BCUT2D eigenvalue weighted by Crippen LogP contribution is 2.47. The van der Waals surface area contributed by atoms with Gasteiger partial charge in [0, 0.05) is 150 Å². The Morgan fingerprint density at radius 1 is 0.425 bits per heavy atom. The van der Waals surface area contributed by atoms with Gasteiger partial charge < -0.3 is 53.4 Å². The summed E-state index contributed by atoms with van der Waals surface area (Å²) in [6.45, 7) is 21.5. The molecule has 2 unspecified atom stereocenters. The van der Waals surface area contributed by atoms with Gasteiger partial charge in [0.05, 0.1) is 50.5 Å². The molecular formula is C108H124F5N13O7S. The third-order valence-electron chi connectivity index (χ3n) is 30.7. The predicted octanol–water partition coefficient (Wildman–Crippen LogP) is 19.4. The molecule has 0 aliphatic carbocycles. The number of piperidine rings is 2. The second kappa shape index (κ2) is 40.4. The number of piperazine rings is 2. The summed E-state index contributed by atoms with van der Waals surface area (Å²) in [7, 11) is 0. The first-order valence-electron chi connectivity index (χ1n) is 49.8. The fourth-order valence-corrected chi connectivity index (χ4v) is 24.3. The van der Waals surface area contributed by atoms with E-state index in [1.54, 1.807) is 29.7 Å². The summed E-state index contributed by atoms with van der Waals surface area (Å²) < 4.78 is 82.6. The van der Waals surface area contributed by atoms with Crippen LogP contribution in [0.5, 0.6) is 0 Å². The minimum atomic E-state index is -4.30. The van der Waals surface area contributed by atoms with Crippen molar-refractivity contribution in [1.82, 2.24) is 34.3 Å². The number of hydrogen-bond donors (Lipinski definition) is 1. The first kappa shape index (κ1) is 91.3. The van der Waals surface area contributed by atoms with Gasteiger partial charge >= 0.3 is 6.18 Å². The third-order valence-corrected chi connectivity index (χ3v) is 31.5. The Kier molecular flexibility index (Phi) is 27.5. The average molecular weight is 1840 g/mol. The van der Waals surface area contributed by atoms with Gasteiger partial charge in [0.1, 0.15) is 17.5 Å². The van der Waals surface area contributed by atoms with Crippen LogP contribution in [-0.4, -0.2) is 194 Å². The number of anilines is 6. The van der Waals surface area contributed by atoms with Gasteiger partial charge in [-0.05, 0) is 332 Å². The van der Waals surface area contributed by atoms with Crippen LogP contribution in [-0.2, 0) is 89.6 Å². The Balaban J connectivity index is 0.000000111. The highest BCUT2D eigenvalue weighted by Gasteiger charge is 2.39. The molecule has 1 N–H and O–H groups in total. The van der Waals surface area contributed by atoms with E-state index in [0.29, 0.717) is 66.2 Å². The van der Waals surface area contributed by atoms with E-state index in [1.165, 1.54) is 156 Å². The van der Waals surface area contributed by atoms with Crippen LogP contribution in [0.4, 0.5) is 56.2 Å². The molecule has 20 nitrogen and oxygen atoms in total. The van der Waals surface area contributed by atoms with Gasteiger partial charge in [0.2, 0.25) is 23.6 Å². The smallest absolute Gasteiger partial charge is 0.388 e. The maximum atomic E-state index is 13.4. The maximum absolute atomic E-state index is 13.4. The van der Waals surface area contributed by atoms with Gasteiger partial charge in [-0.25, -0.2) is 8.78 Å². The minimum Gasteiger partial charge on any atom is -0.388 e. The van der Waals surface area contributed by atoms with Crippen molar-refractivity contribution in [2.45, 2.75) is 210 Å². The van der Waals surface area contributed by atoms with Crippen LogP contribution in [0.15, 0.2) is 143 Å². The van der Waals surface area contributed by atoms with Crippen LogP contribution in [0.3, 0.4) is 0 Å². The van der Waals surface area contributed by atoms with Gasteiger partial charge in [-0.2, -0.15) is 17.5 Å². The third kappa shape index (κ3) is 20.1. The summed E-state index contributed by atoms with van der Waals surface area (Å²) in [5, 5.41) is 22.7. The van der Waals surface area contributed by atoms with E-state index in [9.17, 15) is 46.2 Å². The molecule has 8 aromatic carbocycles. The lowest BCUT2D eigenvalue weighted by atomic mass is 9.87. The summed E-state index contributed by atoms with van der Waals surface area (Å²) in [6.07, 6.45) is 21.8. The number of alkyl halides is 3. The molecule has 4 fully saturated rings. The molecule has 4 saturated heterocycles. The molecule has 0 saturated carbocycles. The van der Waals surface area contributed by atoms with E-state index in [2.05, 4.69) is 119 Å². The Hall–Kier alpha value is -10.5. The number of unbranched alkanes of at least 4 members (excludes halogenated alkanes) is 3. The van der Waals surface area contributed by atoms with Gasteiger partial charge in [0.15, 0.2) is 11.2 Å². The van der Waals surface area contributed by atoms with Crippen molar-refractivity contribution >= 4 is 101 Å². The number of nitrogens with zero attached hydrogens (tertiary/aromatic N) is 13. The summed E-state index contributed by atoms with van der Waals surface area (Å²) in [5.41, 5.74) is 23.8. The van der Waals surface area contributed by atoms with Crippen LogP contribution in [0, 0.1) is 11.6 Å². The van der Waals surface area contributed by atoms with Gasteiger partial charge in [-0.1, -0.05) is 90.4 Å². The molecule has 12 aliphatic rings. The molecule has 11 aromatic rings. The molecular weight excluding hydrogens is 1720 g/mol. The number of aliphatic hydroxyl groups is 1. The number of aliphatic hydroxyl groups excluding tert-OH is 1. The molecule has 0 bridgehead atoms. The van der Waals surface area contributed by atoms with Gasteiger partial charge in [-0.15, -0.1) is 0 Å². The van der Waals surface area contributed by atoms with Gasteiger partial charge in [-0.3, -0.25) is 29.0 Å². The van der Waals surface area contributed by atoms with Crippen LogP contribution in [0.2, 0.25) is 0 Å². The van der Waals surface area contributed by atoms with Crippen molar-refractivity contribution in [2.75, 3.05) is 160 Å². The van der Waals surface area contributed by atoms with Crippen LogP contribution >= 0.6 is 11.5 Å². The number of benzene rings is 8. The number of aromatic nitrogens is 3. The zero-order valence-electron chi connectivity index (χ0n) is 77.3. The molecule has 704 valence electrons. The molecule has 0 radical (unpaired) electrons. The predicted molar refractivity (Wildman–Crippen MR) is 519 cm³/mol. The van der Waals surface area contributed by atoms with Crippen LogP contribution < -0.4 is 29.4 Å². The molecule has 15 heterocycles. The number of amides is 4. The molecule has 23 rings (SSSR count). The Labute approximate surface area is 785 Å². The first-order chi connectivity index (χ1) is 65.3. The number of aryl methyl sites for hydroxylation is 7. The number of rotatable bonds is 24. The molecule has 4 amide bonds. The lowest BCUT2D eigenvalue weighted by molar-refractivity contribution is -0.137. The topological polar surface area (TPSA) is 186 Å². The summed E-state index contributed by atoms with van der Waals surface area (Å²) in [6, 6.07) is 41.9. The molecule has 12 aliphatic heterocycles. The second-order valence-corrected chi connectivity index (χ2v) is 40.2. The monoisotopic (exact) mass is 1840 g/mol. The number of halogens is 5. The van der Waals surface area contributed by atoms with Crippen molar-refractivity contribution in [1.29, 1.82) is 0 Å². The molecule has 2 atom stereocenters. The van der Waals surface area contributed by atoms with Crippen molar-refractivity contribution in [3.8, 4) is 0 Å². The largest absolute Gasteiger partial charge is 0.416 e. The zero-order valence-corrected chi connectivity index (χ0v) is 78.1. The number of fused-ring (bicyclic) bond motifs is 3. The standard InChI is InChI=1S/C29H34FN3O2.C28H32FN3O3.C26H30F3N3O.C25H28N4OS/c30-24-8-9-25-26(19-24)35-31-28(25)21-11-15-32(16-12-21)13-3-1-2-5-20-17-22-6-4-14-33-27(34)10-7-23(18-20)29(22)33;1-17-13-26(34)32-12-8-19-14-20(15-23(17)28(19)32)24(33)3-2-9-31-10-6-18(7-11-31)27-22-5-4-21(29)16-25(22)35-30-27;27-26(28,29)22-5-3-6-23(18-22)31-14-12-30(13-15-31)10-2-1-4-19-16-20-7-8-24(33)32-11-9-21(17-19)25(20)32;30-23-8-7-19-16-18(17-20-9-11-29(23)24(19)20)4-3-10-27-12-14-28(15-13-27)25-21-5-1-2-6-22(21)31-26-25/h8-9,17-19,21H,1-7,10-16H2;4-5,14-18,24,33H,2-3,6-13H2,1H3;3,5-6,16-18H,1-2,4,7-15H2;1-2,5-6,16-17H,3-4,7-15H2.